The molecule has 0 unspecified atom stereocenters. The van der Waals surface area contributed by atoms with Crippen molar-refractivity contribution in [2.75, 3.05) is 26.7 Å². The fraction of sp³-hybridized carbons (Fsp3) is 0.281. The number of H-pyrrole nitrogens is 1. The van der Waals surface area contributed by atoms with Gasteiger partial charge in [0.05, 0.1) is 30.2 Å². The number of aliphatic hydroxyl groups excluding tert-OH is 1. The number of aromatic amines is 1. The van der Waals surface area contributed by atoms with Crippen molar-refractivity contribution < 1.29 is 28.6 Å². The van der Waals surface area contributed by atoms with Crippen molar-refractivity contribution in [1.29, 1.82) is 0 Å². The van der Waals surface area contributed by atoms with Gasteiger partial charge in [-0.2, -0.15) is 0 Å². The van der Waals surface area contributed by atoms with Gasteiger partial charge in [-0.1, -0.05) is 23.8 Å². The molecule has 10 heteroatoms. The van der Waals surface area contributed by atoms with Gasteiger partial charge in [-0.15, -0.1) is 0 Å². The number of likely N-dealkylation sites (tertiary alicyclic amines) is 1. The number of aryl methyl sites for hydroxylation is 1. The van der Waals surface area contributed by atoms with Crippen LogP contribution in [0.2, 0.25) is 0 Å². The van der Waals surface area contributed by atoms with Crippen molar-refractivity contribution in [3.63, 3.8) is 0 Å². The van der Waals surface area contributed by atoms with Gasteiger partial charge >= 0.3 is 5.97 Å². The Labute approximate surface area is 243 Å². The molecule has 5 rings (SSSR count). The lowest BCUT2D eigenvalue weighted by Gasteiger charge is -2.21. The Balaban J connectivity index is 1.15. The second-order valence-corrected chi connectivity index (χ2v) is 10.3. The number of carbonyl (C=O) groups excluding carboxylic acids is 2. The standard InChI is InChI=1S/C32H33FN4O5/c1-20-4-9-27(33)26(14-20)21-5-7-24(8-6-21)42-25-10-12-34-29(17-25)28-15-22(18-36-28)31(39)35-11-3-13-37-19-23(38)16-30(37)32(40)41-2/h4-10,12,14-15,17-18,23,30,36,38H,3,11,13,16,19H2,1-2H3,(H,35,39)/t23-,30+/m1/s1. The number of hydrogen-bond acceptors (Lipinski definition) is 7. The van der Waals surface area contributed by atoms with E-state index in [2.05, 4.69) is 15.3 Å². The van der Waals surface area contributed by atoms with Crippen LogP contribution in [0.1, 0.15) is 28.8 Å². The molecule has 1 amide bonds. The van der Waals surface area contributed by atoms with Gasteiger partial charge in [-0.25, -0.2) is 4.39 Å². The van der Waals surface area contributed by atoms with Gasteiger partial charge in [0.2, 0.25) is 0 Å². The molecule has 0 spiro atoms. The molecule has 3 N–H and O–H groups in total. The number of methoxy groups -OCH3 is 1. The summed E-state index contributed by atoms with van der Waals surface area (Å²) in [6.45, 7) is 3.30. The highest BCUT2D eigenvalue weighted by atomic mass is 19.1. The highest BCUT2D eigenvalue weighted by molar-refractivity contribution is 5.95. The van der Waals surface area contributed by atoms with Gasteiger partial charge in [0.15, 0.2) is 0 Å². The topological polar surface area (TPSA) is 117 Å². The number of carbonyl (C=O) groups is 2. The van der Waals surface area contributed by atoms with E-state index in [0.717, 1.165) is 11.1 Å². The summed E-state index contributed by atoms with van der Waals surface area (Å²) < 4.78 is 25.1. The highest BCUT2D eigenvalue weighted by Crippen LogP contribution is 2.29. The summed E-state index contributed by atoms with van der Waals surface area (Å²) in [7, 11) is 1.34. The van der Waals surface area contributed by atoms with E-state index in [1.165, 1.54) is 13.2 Å². The van der Waals surface area contributed by atoms with Gasteiger partial charge in [0.1, 0.15) is 23.4 Å². The molecule has 218 valence electrons. The van der Waals surface area contributed by atoms with E-state index in [1.807, 2.05) is 30.0 Å². The summed E-state index contributed by atoms with van der Waals surface area (Å²) >= 11 is 0. The monoisotopic (exact) mass is 572 g/mol. The Morgan fingerprint density at radius 2 is 1.93 bits per heavy atom. The van der Waals surface area contributed by atoms with Gasteiger partial charge in [0.25, 0.3) is 5.91 Å². The van der Waals surface area contributed by atoms with Crippen molar-refractivity contribution in [2.24, 2.45) is 0 Å². The number of aliphatic hydroxyl groups is 1. The Kier molecular flexibility index (Phi) is 8.94. The first-order valence-electron chi connectivity index (χ1n) is 13.8. The molecule has 0 aliphatic carbocycles. The zero-order valence-corrected chi connectivity index (χ0v) is 23.5. The molecular formula is C32H33FN4O5. The predicted octanol–water partition coefficient (Wildman–Crippen LogP) is 4.71. The second-order valence-electron chi connectivity index (χ2n) is 10.3. The van der Waals surface area contributed by atoms with E-state index in [1.54, 1.807) is 48.8 Å². The lowest BCUT2D eigenvalue weighted by Crippen LogP contribution is -2.38. The van der Waals surface area contributed by atoms with Crippen LogP contribution in [0, 0.1) is 12.7 Å². The first-order valence-corrected chi connectivity index (χ1v) is 13.8. The molecule has 0 radical (unpaired) electrons. The van der Waals surface area contributed by atoms with Crippen molar-refractivity contribution in [3.05, 3.63) is 90.0 Å². The van der Waals surface area contributed by atoms with Crippen molar-refractivity contribution >= 4 is 11.9 Å². The molecule has 2 aromatic heterocycles. The van der Waals surface area contributed by atoms with E-state index in [0.29, 0.717) is 66.5 Å². The maximum Gasteiger partial charge on any atom is 0.323 e. The fourth-order valence-corrected chi connectivity index (χ4v) is 5.09. The van der Waals surface area contributed by atoms with Gasteiger partial charge in [0, 0.05) is 50.1 Å². The summed E-state index contributed by atoms with van der Waals surface area (Å²) in [5.74, 6) is 0.292. The van der Waals surface area contributed by atoms with Gasteiger partial charge in [-0.05, 0) is 55.3 Å². The second kappa shape index (κ2) is 13.0. The molecule has 0 bridgehead atoms. The number of esters is 1. The molecule has 3 heterocycles. The van der Waals surface area contributed by atoms with E-state index in [-0.39, 0.29) is 17.7 Å². The Bertz CT molecular complexity index is 1550. The molecule has 1 aliphatic heterocycles. The smallest absolute Gasteiger partial charge is 0.323 e. The van der Waals surface area contributed by atoms with Crippen LogP contribution < -0.4 is 10.1 Å². The molecule has 2 aromatic carbocycles. The lowest BCUT2D eigenvalue weighted by molar-refractivity contribution is -0.145. The zero-order chi connectivity index (χ0) is 29.6. The van der Waals surface area contributed by atoms with Crippen molar-refractivity contribution in [1.82, 2.24) is 20.2 Å². The fourth-order valence-electron chi connectivity index (χ4n) is 5.09. The van der Waals surface area contributed by atoms with Crippen LogP contribution >= 0.6 is 0 Å². The number of amides is 1. The minimum atomic E-state index is -0.560. The Hall–Kier alpha value is -4.54. The number of nitrogens with zero attached hydrogens (tertiary/aromatic N) is 2. The number of aromatic nitrogens is 2. The number of nitrogens with one attached hydrogen (secondary N) is 2. The minimum absolute atomic E-state index is 0.235. The maximum atomic E-state index is 14.3. The SMILES string of the molecule is COC(=O)[C@@H]1C[C@@H](O)CN1CCCNC(=O)c1c[nH]c(-c2cc(Oc3ccc(-c4cc(C)ccc4F)cc3)ccn2)c1. The molecule has 1 saturated heterocycles. The quantitative estimate of drug-likeness (QED) is 0.186. The normalized spacial score (nSPS) is 16.8. The summed E-state index contributed by atoms with van der Waals surface area (Å²) in [6.07, 6.45) is 3.65. The van der Waals surface area contributed by atoms with Crippen LogP contribution in [-0.2, 0) is 9.53 Å². The molecule has 0 saturated carbocycles. The van der Waals surface area contributed by atoms with Crippen LogP contribution in [0.25, 0.3) is 22.5 Å². The lowest BCUT2D eigenvalue weighted by atomic mass is 10.0. The largest absolute Gasteiger partial charge is 0.468 e. The van der Waals surface area contributed by atoms with Gasteiger partial charge < -0.3 is 24.9 Å². The van der Waals surface area contributed by atoms with Crippen LogP contribution in [0.4, 0.5) is 4.39 Å². The Morgan fingerprint density at radius 3 is 2.71 bits per heavy atom. The number of rotatable bonds is 10. The molecule has 9 nitrogen and oxygen atoms in total. The third kappa shape index (κ3) is 6.84. The molecule has 1 fully saturated rings. The number of pyridine rings is 1. The number of ether oxygens (including phenoxy) is 2. The van der Waals surface area contributed by atoms with Crippen LogP contribution in [0.3, 0.4) is 0 Å². The van der Waals surface area contributed by atoms with Crippen molar-refractivity contribution in [3.8, 4) is 34.0 Å². The molecule has 2 atom stereocenters. The highest BCUT2D eigenvalue weighted by Gasteiger charge is 2.36. The van der Waals surface area contributed by atoms with Gasteiger partial charge in [-0.3, -0.25) is 19.5 Å². The molecule has 1 aliphatic rings. The summed E-state index contributed by atoms with van der Waals surface area (Å²) in [5, 5.41) is 12.8. The molecule has 4 aromatic rings. The van der Waals surface area contributed by atoms with E-state index < -0.39 is 12.1 Å². The maximum absolute atomic E-state index is 14.3. The van der Waals surface area contributed by atoms with Crippen LogP contribution in [0.15, 0.2) is 73.1 Å². The number of halogens is 1. The number of β-amino-alcohol motifs (C(OH)–C–C–N with tert-alkyl or cyclic N) is 1. The van der Waals surface area contributed by atoms with E-state index in [4.69, 9.17) is 9.47 Å². The van der Waals surface area contributed by atoms with Crippen LogP contribution in [0.5, 0.6) is 11.5 Å². The Morgan fingerprint density at radius 1 is 1.12 bits per heavy atom. The first-order chi connectivity index (χ1) is 20.3. The third-order valence-corrected chi connectivity index (χ3v) is 7.24. The predicted molar refractivity (Wildman–Crippen MR) is 156 cm³/mol. The summed E-state index contributed by atoms with van der Waals surface area (Å²) in [5.41, 5.74) is 4.00. The van der Waals surface area contributed by atoms with E-state index >= 15 is 0 Å². The number of benzene rings is 2. The van der Waals surface area contributed by atoms with Crippen molar-refractivity contribution in [2.45, 2.75) is 31.9 Å². The zero-order valence-electron chi connectivity index (χ0n) is 23.5. The van der Waals surface area contributed by atoms with E-state index in [9.17, 15) is 19.1 Å². The number of hydrogen-bond donors (Lipinski definition) is 3. The summed E-state index contributed by atoms with van der Waals surface area (Å²) in [6, 6.07) is 17.0. The minimum Gasteiger partial charge on any atom is -0.468 e. The first kappa shape index (κ1) is 29.0. The third-order valence-electron chi connectivity index (χ3n) is 7.24. The molecular weight excluding hydrogens is 539 g/mol. The molecule has 42 heavy (non-hydrogen) atoms. The summed E-state index contributed by atoms with van der Waals surface area (Å²) in [4.78, 5) is 34.0. The average Bonchev–Trinajstić information content (AvgIpc) is 3.64. The average molecular weight is 573 g/mol. The van der Waals surface area contributed by atoms with Crippen LogP contribution in [-0.4, -0.2) is 70.7 Å².